The summed E-state index contributed by atoms with van der Waals surface area (Å²) < 4.78 is 27.4. The lowest BCUT2D eigenvalue weighted by atomic mass is 10.3. The van der Waals surface area contributed by atoms with Crippen LogP contribution in [-0.2, 0) is 13.8 Å². The molecule has 0 fully saturated rings. The summed E-state index contributed by atoms with van der Waals surface area (Å²) in [5, 5.41) is 2.59. The minimum absolute atomic E-state index is 0.0229. The van der Waals surface area contributed by atoms with Crippen LogP contribution in [0.2, 0.25) is 0 Å². The molecule has 104 valence electrons. The quantitative estimate of drug-likeness (QED) is 0.641. The van der Waals surface area contributed by atoms with E-state index >= 15 is 0 Å². The van der Waals surface area contributed by atoms with Crippen molar-refractivity contribution in [3.63, 3.8) is 0 Å². The number of hydrogen-bond donors (Lipinski definition) is 1. The zero-order valence-corrected chi connectivity index (χ0v) is 11.9. The van der Waals surface area contributed by atoms with Gasteiger partial charge < -0.3 is 10.1 Å². The molecule has 0 bridgehead atoms. The molecule has 1 unspecified atom stereocenters. The zero-order valence-electron chi connectivity index (χ0n) is 10.3. The van der Waals surface area contributed by atoms with E-state index in [0.717, 1.165) is 0 Å². The number of rotatable bonds is 6. The molecule has 0 spiro atoms. The molecule has 1 amide bonds. The van der Waals surface area contributed by atoms with Crippen LogP contribution in [0.15, 0.2) is 41.8 Å². The number of carbonyl (C=O) groups is 1. The molecule has 5 nitrogen and oxygen atoms in total. The molecule has 1 aromatic rings. The van der Waals surface area contributed by atoms with Crippen LogP contribution in [0.4, 0.5) is 0 Å². The van der Waals surface area contributed by atoms with E-state index in [1.807, 2.05) is 0 Å². The predicted molar refractivity (Wildman–Crippen MR) is 72.8 cm³/mol. The minimum atomic E-state index is -3.75. The van der Waals surface area contributed by atoms with E-state index < -0.39 is 15.2 Å². The predicted octanol–water partition coefficient (Wildman–Crippen LogP) is 1.68. The summed E-state index contributed by atoms with van der Waals surface area (Å²) in [4.78, 5) is 11.5. The summed E-state index contributed by atoms with van der Waals surface area (Å²) in [5.41, 5.74) is 0. The Hall–Kier alpha value is -1.53. The number of halogens is 1. The van der Waals surface area contributed by atoms with Crippen molar-refractivity contribution in [1.82, 2.24) is 5.32 Å². The van der Waals surface area contributed by atoms with Crippen molar-refractivity contribution in [3.8, 4) is 5.75 Å². The highest BCUT2D eigenvalue weighted by atomic mass is 35.7. The molecule has 0 radical (unpaired) electrons. The van der Waals surface area contributed by atoms with Gasteiger partial charge in [0, 0.05) is 17.2 Å². The summed E-state index contributed by atoms with van der Waals surface area (Å²) in [6.45, 7) is 5.43. The average Bonchev–Trinajstić information content (AvgIpc) is 2.35. The molecular formula is C12H14ClNO4S. The number of benzene rings is 1. The zero-order chi connectivity index (χ0) is 14.5. The molecule has 0 heterocycles. The molecule has 1 N–H and O–H groups in total. The largest absolute Gasteiger partial charge is 0.481 e. The second-order valence-corrected chi connectivity index (χ2v) is 6.27. The average molecular weight is 304 g/mol. The lowest BCUT2D eigenvalue weighted by molar-refractivity contribution is -0.127. The van der Waals surface area contributed by atoms with Gasteiger partial charge in [-0.25, -0.2) is 8.42 Å². The first-order chi connectivity index (χ1) is 8.84. The van der Waals surface area contributed by atoms with Crippen molar-refractivity contribution < 1.29 is 17.9 Å². The number of hydrogen-bond acceptors (Lipinski definition) is 4. The Morgan fingerprint density at radius 1 is 1.47 bits per heavy atom. The van der Waals surface area contributed by atoms with Gasteiger partial charge in [-0.05, 0) is 31.2 Å². The number of ether oxygens (including phenoxy) is 1. The molecule has 0 aliphatic carbocycles. The summed E-state index contributed by atoms with van der Waals surface area (Å²) >= 11 is 0. The van der Waals surface area contributed by atoms with Gasteiger partial charge in [0.25, 0.3) is 15.0 Å². The third-order valence-electron chi connectivity index (χ3n) is 2.21. The van der Waals surface area contributed by atoms with Gasteiger partial charge in [0.1, 0.15) is 5.75 Å². The van der Waals surface area contributed by atoms with E-state index in [-0.39, 0.29) is 10.8 Å². The summed E-state index contributed by atoms with van der Waals surface area (Å²) in [7, 11) is 1.43. The Bertz CT molecular complexity index is 554. The van der Waals surface area contributed by atoms with Crippen LogP contribution in [0.25, 0.3) is 0 Å². The van der Waals surface area contributed by atoms with Gasteiger partial charge in [-0.2, -0.15) is 0 Å². The van der Waals surface area contributed by atoms with Crippen molar-refractivity contribution in [2.45, 2.75) is 17.9 Å². The highest BCUT2D eigenvalue weighted by Gasteiger charge is 2.14. The Morgan fingerprint density at radius 2 is 2.05 bits per heavy atom. The molecule has 0 saturated carbocycles. The van der Waals surface area contributed by atoms with Crippen molar-refractivity contribution >= 4 is 25.6 Å². The Balaban J connectivity index is 2.68. The third kappa shape index (κ3) is 4.92. The summed E-state index contributed by atoms with van der Waals surface area (Å²) in [5.74, 6) is 0.0965. The molecule has 0 aliphatic rings. The van der Waals surface area contributed by atoms with Crippen LogP contribution in [0, 0.1) is 0 Å². The second kappa shape index (κ2) is 6.58. The molecule has 0 aromatic heterocycles. The number of amides is 1. The van der Waals surface area contributed by atoms with Gasteiger partial charge in [0.2, 0.25) is 0 Å². The Labute approximate surface area is 116 Å². The van der Waals surface area contributed by atoms with Crippen molar-refractivity contribution in [2.75, 3.05) is 6.54 Å². The van der Waals surface area contributed by atoms with Gasteiger partial charge >= 0.3 is 0 Å². The lowest BCUT2D eigenvalue weighted by Gasteiger charge is -2.14. The van der Waals surface area contributed by atoms with E-state index in [2.05, 4.69) is 11.9 Å². The Kier molecular flexibility index (Phi) is 5.38. The first kappa shape index (κ1) is 15.5. The van der Waals surface area contributed by atoms with Gasteiger partial charge in [-0.15, -0.1) is 6.58 Å². The SMILES string of the molecule is C=CCNC(=O)C(C)Oc1ccc(S(=O)(=O)Cl)cc1. The maximum atomic E-state index is 11.5. The number of carbonyl (C=O) groups excluding carboxylic acids is 1. The molecule has 1 aromatic carbocycles. The maximum absolute atomic E-state index is 11.5. The van der Waals surface area contributed by atoms with Gasteiger partial charge in [0.15, 0.2) is 6.10 Å². The molecule has 1 rings (SSSR count). The smallest absolute Gasteiger partial charge is 0.261 e. The van der Waals surface area contributed by atoms with Crippen LogP contribution in [0.3, 0.4) is 0 Å². The molecular weight excluding hydrogens is 290 g/mol. The fourth-order valence-electron chi connectivity index (χ4n) is 1.25. The topological polar surface area (TPSA) is 72.5 Å². The third-order valence-corrected chi connectivity index (χ3v) is 3.58. The second-order valence-electron chi connectivity index (χ2n) is 3.70. The highest BCUT2D eigenvalue weighted by molar-refractivity contribution is 8.13. The standard InChI is InChI=1S/C12H14ClNO4S/c1-3-8-14-12(15)9(2)18-10-4-6-11(7-5-10)19(13,16)17/h3-7,9H,1,8H2,2H3,(H,14,15). The molecule has 1 atom stereocenters. The van der Waals surface area contributed by atoms with Crippen molar-refractivity contribution in [2.24, 2.45) is 0 Å². The van der Waals surface area contributed by atoms with Crippen LogP contribution in [0.5, 0.6) is 5.75 Å². The molecule has 0 aliphatic heterocycles. The van der Waals surface area contributed by atoms with Gasteiger partial charge in [0.05, 0.1) is 4.90 Å². The fraction of sp³-hybridized carbons (Fsp3) is 0.250. The van der Waals surface area contributed by atoms with Crippen LogP contribution in [-0.4, -0.2) is 27.0 Å². The molecule has 0 saturated heterocycles. The van der Waals surface area contributed by atoms with E-state index in [0.29, 0.717) is 12.3 Å². The van der Waals surface area contributed by atoms with E-state index in [1.165, 1.54) is 24.3 Å². The normalized spacial score (nSPS) is 12.5. The maximum Gasteiger partial charge on any atom is 0.261 e. The summed E-state index contributed by atoms with van der Waals surface area (Å²) in [6, 6.07) is 5.50. The van der Waals surface area contributed by atoms with Crippen LogP contribution < -0.4 is 10.1 Å². The number of nitrogens with one attached hydrogen (secondary N) is 1. The van der Waals surface area contributed by atoms with E-state index in [1.54, 1.807) is 13.0 Å². The molecule has 19 heavy (non-hydrogen) atoms. The van der Waals surface area contributed by atoms with E-state index in [9.17, 15) is 13.2 Å². The van der Waals surface area contributed by atoms with Crippen LogP contribution >= 0.6 is 10.7 Å². The first-order valence-corrected chi connectivity index (χ1v) is 7.75. The fourth-order valence-corrected chi connectivity index (χ4v) is 2.02. The van der Waals surface area contributed by atoms with Gasteiger partial charge in [-0.1, -0.05) is 6.08 Å². The van der Waals surface area contributed by atoms with Crippen molar-refractivity contribution in [3.05, 3.63) is 36.9 Å². The first-order valence-electron chi connectivity index (χ1n) is 5.44. The Morgan fingerprint density at radius 3 is 2.53 bits per heavy atom. The van der Waals surface area contributed by atoms with Crippen molar-refractivity contribution in [1.29, 1.82) is 0 Å². The lowest BCUT2D eigenvalue weighted by Crippen LogP contribution is -2.36. The minimum Gasteiger partial charge on any atom is -0.481 e. The molecule has 7 heteroatoms. The van der Waals surface area contributed by atoms with Crippen LogP contribution in [0.1, 0.15) is 6.92 Å². The highest BCUT2D eigenvalue weighted by Crippen LogP contribution is 2.19. The summed E-state index contributed by atoms with van der Waals surface area (Å²) in [6.07, 6.45) is 0.864. The van der Waals surface area contributed by atoms with Gasteiger partial charge in [-0.3, -0.25) is 4.79 Å². The monoisotopic (exact) mass is 303 g/mol. The van der Waals surface area contributed by atoms with E-state index in [4.69, 9.17) is 15.4 Å².